The fourth-order valence-electron chi connectivity index (χ4n) is 5.80. The van der Waals surface area contributed by atoms with Gasteiger partial charge >= 0.3 is 0 Å². The van der Waals surface area contributed by atoms with Gasteiger partial charge in [-0.15, -0.1) is 0 Å². The van der Waals surface area contributed by atoms with Crippen molar-refractivity contribution in [2.24, 2.45) is 0 Å². The Morgan fingerprint density at radius 3 is 2.51 bits per heavy atom. The lowest BCUT2D eigenvalue weighted by molar-refractivity contribution is 0.0963. The van der Waals surface area contributed by atoms with Crippen LogP contribution >= 0.6 is 0 Å². The Bertz CT molecular complexity index is 1440. The molecular formula is C31H29FN4O. The van der Waals surface area contributed by atoms with Crippen LogP contribution in [0.3, 0.4) is 0 Å². The summed E-state index contributed by atoms with van der Waals surface area (Å²) < 4.78 is 13.6. The Kier molecular flexibility index (Phi) is 6.18. The summed E-state index contributed by atoms with van der Waals surface area (Å²) in [5, 5.41) is 2.68. The quantitative estimate of drug-likeness (QED) is 0.365. The highest BCUT2D eigenvalue weighted by Gasteiger charge is 2.34. The molecule has 1 fully saturated rings. The number of carbonyl (C=O) groups excluding carboxylic acids is 1. The number of H-pyrrole nitrogens is 1. The van der Waals surface area contributed by atoms with Crippen LogP contribution < -0.4 is 5.32 Å². The smallest absolute Gasteiger partial charge is 0.251 e. The molecule has 1 amide bonds. The molecule has 0 aliphatic carbocycles. The largest absolute Gasteiger partial charge is 0.360 e. The molecule has 37 heavy (non-hydrogen) atoms. The molecule has 2 N–H and O–H groups in total. The lowest BCUT2D eigenvalue weighted by Gasteiger charge is -2.28. The molecule has 0 saturated carbocycles. The minimum absolute atomic E-state index is 0.0560. The maximum absolute atomic E-state index is 13.6. The molecule has 6 rings (SSSR count). The number of rotatable bonds is 5. The van der Waals surface area contributed by atoms with Crippen LogP contribution in [0.2, 0.25) is 0 Å². The number of nitrogens with one attached hydrogen (secondary N) is 2. The van der Waals surface area contributed by atoms with Crippen LogP contribution in [-0.4, -0.2) is 47.0 Å². The summed E-state index contributed by atoms with van der Waals surface area (Å²) in [5.41, 5.74) is 8.69. The maximum atomic E-state index is 13.6. The van der Waals surface area contributed by atoms with Crippen molar-refractivity contribution in [2.75, 3.05) is 20.1 Å². The molecule has 2 aromatic heterocycles. The number of nitrogens with zero attached hydrogens (tertiary/aromatic N) is 2. The first-order valence-corrected chi connectivity index (χ1v) is 12.8. The molecule has 0 radical (unpaired) electrons. The number of aromatic nitrogens is 2. The van der Waals surface area contributed by atoms with Gasteiger partial charge in [0.05, 0.1) is 5.69 Å². The van der Waals surface area contributed by atoms with Gasteiger partial charge in [0.25, 0.3) is 5.91 Å². The number of benzene rings is 2. The van der Waals surface area contributed by atoms with Gasteiger partial charge in [-0.05, 0) is 89.6 Å². The number of hydrogen-bond donors (Lipinski definition) is 2. The predicted octanol–water partition coefficient (Wildman–Crippen LogP) is 5.89. The first-order valence-electron chi connectivity index (χ1n) is 12.8. The minimum atomic E-state index is -0.241. The molecule has 0 bridgehead atoms. The molecule has 4 heterocycles. The SMILES string of the molecule is CNC(=O)c1ccc(C2CC3C=C(c4c[nH]c(-c5ccc(F)cc5)c4-c4ccncc4)CCN3C2)cc1. The molecule has 2 aromatic carbocycles. The first-order chi connectivity index (χ1) is 18.1. The van der Waals surface area contributed by atoms with Crippen molar-refractivity contribution >= 4 is 11.5 Å². The zero-order valence-corrected chi connectivity index (χ0v) is 20.7. The van der Waals surface area contributed by atoms with Crippen molar-refractivity contribution < 1.29 is 9.18 Å². The van der Waals surface area contributed by atoms with Crippen LogP contribution in [0.25, 0.3) is 28.0 Å². The highest BCUT2D eigenvalue weighted by atomic mass is 19.1. The number of pyridine rings is 1. The number of carbonyl (C=O) groups is 1. The van der Waals surface area contributed by atoms with Crippen molar-refractivity contribution in [3.63, 3.8) is 0 Å². The minimum Gasteiger partial charge on any atom is -0.360 e. The average molecular weight is 493 g/mol. The Morgan fingerprint density at radius 1 is 1.03 bits per heavy atom. The van der Waals surface area contributed by atoms with Crippen molar-refractivity contribution in [3.05, 3.63) is 108 Å². The molecule has 2 aliphatic rings. The fourth-order valence-corrected chi connectivity index (χ4v) is 5.80. The zero-order valence-electron chi connectivity index (χ0n) is 20.7. The van der Waals surface area contributed by atoms with Gasteiger partial charge in [0.15, 0.2) is 0 Å². The lowest BCUT2D eigenvalue weighted by atomic mass is 9.90. The van der Waals surface area contributed by atoms with Crippen LogP contribution in [0.5, 0.6) is 0 Å². The molecule has 4 aromatic rings. The summed E-state index contributed by atoms with van der Waals surface area (Å²) in [5.74, 6) is 0.148. The number of fused-ring (bicyclic) bond motifs is 1. The molecule has 186 valence electrons. The molecule has 0 spiro atoms. The molecular weight excluding hydrogens is 463 g/mol. The Hall–Kier alpha value is -4.03. The van der Waals surface area contributed by atoms with Gasteiger partial charge in [0, 0.05) is 61.5 Å². The number of aromatic amines is 1. The monoisotopic (exact) mass is 492 g/mol. The standard InChI is InChI=1S/C31H29FN4O/c1-33-31(37)23-4-2-20(3-5-23)25-17-27-16-24(12-15-36(27)19-25)28-18-35-30(22-6-8-26(32)9-7-22)29(28)21-10-13-34-14-11-21/h2-11,13-14,16,18,25,27,35H,12,15,17,19H2,1H3,(H,33,37). The third kappa shape index (κ3) is 4.49. The molecule has 2 unspecified atom stereocenters. The van der Waals surface area contributed by atoms with Gasteiger partial charge in [0.1, 0.15) is 5.82 Å². The summed E-state index contributed by atoms with van der Waals surface area (Å²) >= 11 is 0. The highest BCUT2D eigenvalue weighted by Crippen LogP contribution is 2.42. The Morgan fingerprint density at radius 2 is 1.78 bits per heavy atom. The van der Waals surface area contributed by atoms with Gasteiger partial charge < -0.3 is 10.3 Å². The fraction of sp³-hybridized carbons (Fsp3) is 0.226. The van der Waals surface area contributed by atoms with E-state index in [1.54, 1.807) is 7.05 Å². The van der Waals surface area contributed by atoms with E-state index in [2.05, 4.69) is 44.6 Å². The van der Waals surface area contributed by atoms with Crippen molar-refractivity contribution in [1.29, 1.82) is 0 Å². The summed E-state index contributed by atoms with van der Waals surface area (Å²) in [6, 6.07) is 19.1. The van der Waals surface area contributed by atoms with E-state index in [0.29, 0.717) is 17.5 Å². The van der Waals surface area contributed by atoms with Gasteiger partial charge in [-0.25, -0.2) is 4.39 Å². The lowest BCUT2D eigenvalue weighted by Crippen LogP contribution is -2.32. The van der Waals surface area contributed by atoms with E-state index < -0.39 is 0 Å². The molecule has 5 nitrogen and oxygen atoms in total. The van der Waals surface area contributed by atoms with Gasteiger partial charge in [-0.2, -0.15) is 0 Å². The van der Waals surface area contributed by atoms with E-state index in [1.165, 1.54) is 28.8 Å². The summed E-state index contributed by atoms with van der Waals surface area (Å²) in [6.45, 7) is 2.04. The van der Waals surface area contributed by atoms with E-state index in [1.807, 2.05) is 48.8 Å². The van der Waals surface area contributed by atoms with Gasteiger partial charge in [-0.1, -0.05) is 18.2 Å². The highest BCUT2D eigenvalue weighted by molar-refractivity contribution is 5.94. The first kappa shape index (κ1) is 23.4. The molecule has 6 heteroatoms. The number of hydrogen-bond acceptors (Lipinski definition) is 3. The topological polar surface area (TPSA) is 61.0 Å². The van der Waals surface area contributed by atoms with Crippen LogP contribution in [0.1, 0.15) is 40.2 Å². The predicted molar refractivity (Wildman–Crippen MR) is 145 cm³/mol. The number of halogens is 1. The van der Waals surface area contributed by atoms with Gasteiger partial charge in [-0.3, -0.25) is 14.7 Å². The van der Waals surface area contributed by atoms with Crippen molar-refractivity contribution in [1.82, 2.24) is 20.2 Å². The Balaban J connectivity index is 1.31. The van der Waals surface area contributed by atoms with E-state index >= 15 is 0 Å². The third-order valence-electron chi connectivity index (χ3n) is 7.71. The zero-order chi connectivity index (χ0) is 25.4. The average Bonchev–Trinajstić information content (AvgIpc) is 3.58. The maximum Gasteiger partial charge on any atom is 0.251 e. The van der Waals surface area contributed by atoms with E-state index in [4.69, 9.17) is 0 Å². The second-order valence-electron chi connectivity index (χ2n) is 9.83. The molecule has 2 aliphatic heterocycles. The van der Waals surface area contributed by atoms with Crippen LogP contribution in [0.15, 0.2) is 85.3 Å². The van der Waals surface area contributed by atoms with E-state index in [-0.39, 0.29) is 11.7 Å². The molecule has 2 atom stereocenters. The normalized spacial score (nSPS) is 19.4. The summed E-state index contributed by atoms with van der Waals surface area (Å²) in [6.07, 6.45) is 10.2. The Labute approximate surface area is 216 Å². The van der Waals surface area contributed by atoms with Crippen molar-refractivity contribution in [3.8, 4) is 22.4 Å². The van der Waals surface area contributed by atoms with Crippen LogP contribution in [0.4, 0.5) is 4.39 Å². The second kappa shape index (κ2) is 9.79. The third-order valence-corrected chi connectivity index (χ3v) is 7.71. The van der Waals surface area contributed by atoms with E-state index in [0.717, 1.165) is 48.3 Å². The summed E-state index contributed by atoms with van der Waals surface area (Å²) in [4.78, 5) is 22.2. The summed E-state index contributed by atoms with van der Waals surface area (Å²) in [7, 11) is 1.66. The molecule has 1 saturated heterocycles. The van der Waals surface area contributed by atoms with Crippen molar-refractivity contribution in [2.45, 2.75) is 24.8 Å². The second-order valence-corrected chi connectivity index (χ2v) is 9.83. The number of amides is 1. The van der Waals surface area contributed by atoms with E-state index in [9.17, 15) is 9.18 Å². The van der Waals surface area contributed by atoms with Crippen LogP contribution in [0, 0.1) is 5.82 Å². The van der Waals surface area contributed by atoms with Gasteiger partial charge in [0.2, 0.25) is 0 Å². The van der Waals surface area contributed by atoms with Crippen LogP contribution in [-0.2, 0) is 0 Å².